The zero-order valence-electron chi connectivity index (χ0n) is 11.8. The van der Waals surface area contributed by atoms with Crippen LogP contribution in [0.4, 0.5) is 0 Å². The van der Waals surface area contributed by atoms with Crippen molar-refractivity contribution in [2.45, 2.75) is 26.6 Å². The van der Waals surface area contributed by atoms with E-state index in [0.29, 0.717) is 30.8 Å². The van der Waals surface area contributed by atoms with E-state index in [9.17, 15) is 4.79 Å². The van der Waals surface area contributed by atoms with Gasteiger partial charge in [-0.25, -0.2) is 4.79 Å². The summed E-state index contributed by atoms with van der Waals surface area (Å²) in [5, 5.41) is 1.52. The number of hydrogen-bond acceptors (Lipinski definition) is 4. The van der Waals surface area contributed by atoms with Gasteiger partial charge < -0.3 is 13.9 Å². The molecule has 0 aliphatic heterocycles. The van der Waals surface area contributed by atoms with E-state index in [1.165, 1.54) is 0 Å². The summed E-state index contributed by atoms with van der Waals surface area (Å²) in [5.41, 5.74) is -0.314. The van der Waals surface area contributed by atoms with E-state index in [-0.39, 0.29) is 11.9 Å². The summed E-state index contributed by atoms with van der Waals surface area (Å²) in [6, 6.07) is 5.78. The lowest BCUT2D eigenvalue weighted by atomic mass is 10.1. The third-order valence-corrected chi connectivity index (χ3v) is 4.43. The predicted octanol–water partition coefficient (Wildman–Crippen LogP) is 3.94. The van der Waals surface area contributed by atoms with E-state index in [1.807, 2.05) is 32.0 Å². The smallest absolute Gasteiger partial charge is 0.343 e. The summed E-state index contributed by atoms with van der Waals surface area (Å²) in [4.78, 5) is 12.1. The van der Waals surface area contributed by atoms with E-state index in [1.54, 1.807) is 0 Å². The van der Waals surface area contributed by atoms with Crippen molar-refractivity contribution in [3.8, 4) is 0 Å². The molecule has 2 aromatic rings. The average molecular weight is 514 g/mol. The van der Waals surface area contributed by atoms with Gasteiger partial charge in [0, 0.05) is 25.7 Å². The molecule has 0 saturated heterocycles. The molecule has 1 heterocycles. The van der Waals surface area contributed by atoms with Gasteiger partial charge >= 0.3 is 5.63 Å². The Kier molecular flexibility index (Phi) is 6.45. The summed E-state index contributed by atoms with van der Waals surface area (Å²) >= 11 is 4.43. The van der Waals surface area contributed by atoms with Crippen LogP contribution in [0.25, 0.3) is 10.8 Å². The van der Waals surface area contributed by atoms with Crippen molar-refractivity contribution < 1.29 is 13.9 Å². The highest BCUT2D eigenvalue weighted by Crippen LogP contribution is 2.23. The number of rotatable bonds is 6. The zero-order chi connectivity index (χ0) is 15.4. The molecule has 0 N–H and O–H groups in total. The zero-order valence-corrected chi connectivity index (χ0v) is 16.1. The summed E-state index contributed by atoms with van der Waals surface area (Å²) in [5.74, 6) is 0.582. The molecule has 0 aliphatic carbocycles. The number of fused-ring (bicyclic) bond motifs is 1. The molecule has 0 saturated carbocycles. The van der Waals surface area contributed by atoms with Crippen LogP contribution in [-0.4, -0.2) is 19.5 Å². The molecule has 21 heavy (non-hydrogen) atoms. The molecule has 0 aliphatic rings. The molecule has 114 valence electrons. The molecule has 6 heteroatoms. The molecule has 2 rings (SSSR count). The van der Waals surface area contributed by atoms with Gasteiger partial charge in [-0.15, -0.1) is 0 Å². The minimum Gasteiger partial charge on any atom is -0.427 e. The van der Waals surface area contributed by atoms with Crippen LogP contribution in [0.15, 0.2) is 27.4 Å². The molecule has 0 atom stereocenters. The van der Waals surface area contributed by atoms with E-state index in [0.717, 1.165) is 12.5 Å². The molecule has 1 aromatic heterocycles. The third kappa shape index (κ3) is 4.40. The van der Waals surface area contributed by atoms with Gasteiger partial charge in [0.1, 0.15) is 5.76 Å². The van der Waals surface area contributed by atoms with Crippen molar-refractivity contribution in [1.82, 2.24) is 0 Å². The summed E-state index contributed by atoms with van der Waals surface area (Å²) in [6.45, 7) is 4.93. The van der Waals surface area contributed by atoms with Crippen molar-refractivity contribution >= 4 is 56.0 Å². The highest BCUT2D eigenvalue weighted by Gasteiger charge is 2.14. The molecule has 0 fully saturated rings. The Bertz CT molecular complexity index is 675. The molecule has 0 amide bonds. The first-order valence-corrected chi connectivity index (χ1v) is 8.85. The highest BCUT2D eigenvalue weighted by molar-refractivity contribution is 14.1. The SMILES string of the molecule is CCOC(Cc1cc2c(I)cc(I)cc2c(=O)o1)OCC. The van der Waals surface area contributed by atoms with Gasteiger partial charge in [-0.1, -0.05) is 0 Å². The lowest BCUT2D eigenvalue weighted by Crippen LogP contribution is -2.21. The van der Waals surface area contributed by atoms with Crippen LogP contribution in [0, 0.1) is 7.14 Å². The van der Waals surface area contributed by atoms with Crippen molar-refractivity contribution in [3.05, 3.63) is 41.5 Å². The van der Waals surface area contributed by atoms with Gasteiger partial charge in [0.25, 0.3) is 0 Å². The molecule has 0 unspecified atom stereocenters. The van der Waals surface area contributed by atoms with Crippen LogP contribution in [0.2, 0.25) is 0 Å². The summed E-state index contributed by atoms with van der Waals surface area (Å²) in [6.07, 6.45) is 0.0386. The molecular weight excluding hydrogens is 498 g/mol. The standard InChI is InChI=1S/C15H16I2O4/c1-3-19-14(20-4-2)8-10-7-11-12(15(18)21-10)5-9(16)6-13(11)17/h5-7,14H,3-4,8H2,1-2H3. The van der Waals surface area contributed by atoms with Crippen LogP contribution < -0.4 is 5.63 Å². The fraction of sp³-hybridized carbons (Fsp3) is 0.400. The lowest BCUT2D eigenvalue weighted by Gasteiger charge is -2.16. The lowest BCUT2D eigenvalue weighted by molar-refractivity contribution is -0.136. The van der Waals surface area contributed by atoms with Gasteiger partial charge in [0.05, 0.1) is 11.8 Å². The largest absolute Gasteiger partial charge is 0.427 e. The minimum atomic E-state index is -0.387. The van der Waals surface area contributed by atoms with Crippen LogP contribution in [0.1, 0.15) is 19.6 Å². The van der Waals surface area contributed by atoms with E-state index >= 15 is 0 Å². The Labute approximate surface area is 150 Å². The number of halogens is 2. The topological polar surface area (TPSA) is 48.7 Å². The Hall–Kier alpha value is -0.190. The number of benzene rings is 1. The Morgan fingerprint density at radius 3 is 2.38 bits per heavy atom. The quantitative estimate of drug-likeness (QED) is 0.433. The van der Waals surface area contributed by atoms with Gasteiger partial charge in [-0.2, -0.15) is 0 Å². The first-order chi connectivity index (χ1) is 10.0. The molecule has 4 nitrogen and oxygen atoms in total. The molecular formula is C15H16I2O4. The molecule has 0 bridgehead atoms. The minimum absolute atomic E-state index is 0.314. The normalized spacial score (nSPS) is 11.5. The monoisotopic (exact) mass is 514 g/mol. The van der Waals surface area contributed by atoms with Crippen molar-refractivity contribution in [2.24, 2.45) is 0 Å². The summed E-state index contributed by atoms with van der Waals surface area (Å²) < 4.78 is 18.5. The molecule has 0 spiro atoms. The second-order valence-corrected chi connectivity index (χ2v) is 6.80. The highest BCUT2D eigenvalue weighted by atomic mass is 127. The maximum Gasteiger partial charge on any atom is 0.343 e. The van der Waals surface area contributed by atoms with Gasteiger partial charge in [-0.05, 0) is 77.2 Å². The second-order valence-electron chi connectivity index (χ2n) is 4.39. The maximum absolute atomic E-state index is 12.1. The van der Waals surface area contributed by atoms with Crippen LogP contribution in [0.5, 0.6) is 0 Å². The Morgan fingerprint density at radius 1 is 1.10 bits per heavy atom. The Balaban J connectivity index is 2.39. The first kappa shape index (κ1) is 17.2. The second kappa shape index (κ2) is 7.89. The van der Waals surface area contributed by atoms with Crippen molar-refractivity contribution in [2.75, 3.05) is 13.2 Å². The Morgan fingerprint density at radius 2 is 1.76 bits per heavy atom. The van der Waals surface area contributed by atoms with Crippen molar-refractivity contribution in [1.29, 1.82) is 0 Å². The van der Waals surface area contributed by atoms with E-state index in [2.05, 4.69) is 45.2 Å². The average Bonchev–Trinajstić information content (AvgIpc) is 2.41. The summed E-state index contributed by atoms with van der Waals surface area (Å²) in [7, 11) is 0. The molecule has 0 radical (unpaired) electrons. The number of hydrogen-bond donors (Lipinski definition) is 0. The molecule has 1 aromatic carbocycles. The van der Waals surface area contributed by atoms with E-state index in [4.69, 9.17) is 13.9 Å². The van der Waals surface area contributed by atoms with Gasteiger partial charge in [0.15, 0.2) is 6.29 Å². The predicted molar refractivity (Wildman–Crippen MR) is 98.7 cm³/mol. The third-order valence-electron chi connectivity index (χ3n) is 2.92. The van der Waals surface area contributed by atoms with E-state index < -0.39 is 0 Å². The van der Waals surface area contributed by atoms with Gasteiger partial charge in [0.2, 0.25) is 0 Å². The fourth-order valence-electron chi connectivity index (χ4n) is 2.07. The van der Waals surface area contributed by atoms with Crippen molar-refractivity contribution in [3.63, 3.8) is 0 Å². The van der Waals surface area contributed by atoms with Crippen LogP contribution in [0.3, 0.4) is 0 Å². The fourth-order valence-corrected chi connectivity index (χ4v) is 4.07. The first-order valence-electron chi connectivity index (χ1n) is 6.70. The maximum atomic E-state index is 12.1. The van der Waals surface area contributed by atoms with Gasteiger partial charge in [-0.3, -0.25) is 0 Å². The number of ether oxygens (including phenoxy) is 2. The van der Waals surface area contributed by atoms with Crippen LogP contribution >= 0.6 is 45.2 Å². The van der Waals surface area contributed by atoms with Crippen LogP contribution in [-0.2, 0) is 15.9 Å².